The standard InChI is InChI=1S/C14H17BrN2O3/c1-20-13(19)14(7-3-2-4-8-14)12(18)17-11-6-5-10(15)9-16-11/h5-6,9H,2-4,7-8H2,1H3,(H,16,17,18). The van der Waals surface area contributed by atoms with Gasteiger partial charge in [0.15, 0.2) is 0 Å². The number of ether oxygens (including phenoxy) is 1. The van der Waals surface area contributed by atoms with Gasteiger partial charge in [0, 0.05) is 10.7 Å². The van der Waals surface area contributed by atoms with Crippen molar-refractivity contribution in [2.24, 2.45) is 5.41 Å². The van der Waals surface area contributed by atoms with Crippen molar-refractivity contribution in [1.29, 1.82) is 0 Å². The topological polar surface area (TPSA) is 68.3 Å². The molecule has 0 aromatic carbocycles. The Bertz CT molecular complexity index is 496. The first-order chi connectivity index (χ1) is 9.58. The number of carbonyl (C=O) groups excluding carboxylic acids is 2. The molecule has 5 nitrogen and oxygen atoms in total. The zero-order valence-corrected chi connectivity index (χ0v) is 12.9. The molecule has 1 heterocycles. The third-order valence-corrected chi connectivity index (χ3v) is 4.16. The molecule has 0 radical (unpaired) electrons. The van der Waals surface area contributed by atoms with Gasteiger partial charge >= 0.3 is 5.97 Å². The Morgan fingerprint density at radius 3 is 2.55 bits per heavy atom. The van der Waals surface area contributed by atoms with Crippen molar-refractivity contribution in [3.63, 3.8) is 0 Å². The van der Waals surface area contributed by atoms with Crippen molar-refractivity contribution in [3.8, 4) is 0 Å². The van der Waals surface area contributed by atoms with Gasteiger partial charge in [0.25, 0.3) is 0 Å². The van der Waals surface area contributed by atoms with Crippen molar-refractivity contribution < 1.29 is 14.3 Å². The molecule has 108 valence electrons. The maximum Gasteiger partial charge on any atom is 0.321 e. The van der Waals surface area contributed by atoms with Gasteiger partial charge in [-0.15, -0.1) is 0 Å². The number of amides is 1. The van der Waals surface area contributed by atoms with Crippen molar-refractivity contribution in [2.75, 3.05) is 12.4 Å². The second-order valence-corrected chi connectivity index (χ2v) is 5.87. The maximum absolute atomic E-state index is 12.5. The van der Waals surface area contributed by atoms with E-state index in [2.05, 4.69) is 26.2 Å². The van der Waals surface area contributed by atoms with Crippen molar-refractivity contribution in [2.45, 2.75) is 32.1 Å². The molecule has 20 heavy (non-hydrogen) atoms. The molecule has 1 aromatic rings. The van der Waals surface area contributed by atoms with Gasteiger partial charge in [-0.05, 0) is 40.9 Å². The number of carbonyl (C=O) groups is 2. The van der Waals surface area contributed by atoms with Gasteiger partial charge in [-0.3, -0.25) is 9.59 Å². The maximum atomic E-state index is 12.5. The lowest BCUT2D eigenvalue weighted by molar-refractivity contribution is -0.159. The fraction of sp³-hybridized carbons (Fsp3) is 0.500. The monoisotopic (exact) mass is 340 g/mol. The summed E-state index contributed by atoms with van der Waals surface area (Å²) in [7, 11) is 1.32. The summed E-state index contributed by atoms with van der Waals surface area (Å²) in [5, 5.41) is 2.72. The van der Waals surface area contributed by atoms with Crippen LogP contribution in [0.1, 0.15) is 32.1 Å². The summed E-state index contributed by atoms with van der Waals surface area (Å²) >= 11 is 3.28. The lowest BCUT2D eigenvalue weighted by Crippen LogP contribution is -2.45. The highest BCUT2D eigenvalue weighted by atomic mass is 79.9. The van der Waals surface area contributed by atoms with Crippen LogP contribution in [0.4, 0.5) is 5.82 Å². The zero-order valence-electron chi connectivity index (χ0n) is 11.3. The second-order valence-electron chi connectivity index (χ2n) is 4.95. The summed E-state index contributed by atoms with van der Waals surface area (Å²) in [5.41, 5.74) is -1.07. The number of pyridine rings is 1. The fourth-order valence-electron chi connectivity index (χ4n) is 2.56. The van der Waals surface area contributed by atoms with Crippen LogP contribution in [0.3, 0.4) is 0 Å². The van der Waals surface area contributed by atoms with Crippen LogP contribution in [-0.2, 0) is 14.3 Å². The summed E-state index contributed by atoms with van der Waals surface area (Å²) in [4.78, 5) is 28.7. The van der Waals surface area contributed by atoms with Crippen LogP contribution < -0.4 is 5.32 Å². The van der Waals surface area contributed by atoms with Crippen LogP contribution in [0.15, 0.2) is 22.8 Å². The molecule has 1 aliphatic rings. The van der Waals surface area contributed by atoms with Crippen LogP contribution in [-0.4, -0.2) is 24.0 Å². The van der Waals surface area contributed by atoms with Crippen LogP contribution >= 0.6 is 15.9 Å². The normalized spacial score (nSPS) is 17.3. The van der Waals surface area contributed by atoms with Gasteiger partial charge in [-0.1, -0.05) is 19.3 Å². The van der Waals surface area contributed by atoms with E-state index < -0.39 is 11.4 Å². The summed E-state index contributed by atoms with van der Waals surface area (Å²) < 4.78 is 5.67. The van der Waals surface area contributed by atoms with Crippen molar-refractivity contribution >= 4 is 33.6 Å². The van der Waals surface area contributed by atoms with Gasteiger partial charge in [0.05, 0.1) is 7.11 Å². The molecule has 6 heteroatoms. The molecule has 0 atom stereocenters. The average molecular weight is 341 g/mol. The third kappa shape index (κ3) is 3.00. The molecule has 1 amide bonds. The van der Waals surface area contributed by atoms with E-state index in [9.17, 15) is 9.59 Å². The Morgan fingerprint density at radius 1 is 1.30 bits per heavy atom. The number of anilines is 1. The molecular formula is C14H17BrN2O3. The highest BCUT2D eigenvalue weighted by Gasteiger charge is 2.47. The number of nitrogens with one attached hydrogen (secondary N) is 1. The quantitative estimate of drug-likeness (QED) is 0.678. The smallest absolute Gasteiger partial charge is 0.321 e. The van der Waals surface area contributed by atoms with Crippen molar-refractivity contribution in [3.05, 3.63) is 22.8 Å². The predicted octanol–water partition coefficient (Wildman–Crippen LogP) is 2.91. The van der Waals surface area contributed by atoms with Crippen LogP contribution in [0.5, 0.6) is 0 Å². The van der Waals surface area contributed by atoms with E-state index in [1.807, 2.05) is 0 Å². The fourth-order valence-corrected chi connectivity index (χ4v) is 2.79. The van der Waals surface area contributed by atoms with Gasteiger partial charge in [-0.25, -0.2) is 4.98 Å². The van der Waals surface area contributed by atoms with Crippen molar-refractivity contribution in [1.82, 2.24) is 4.98 Å². The van der Waals surface area contributed by atoms with Crippen LogP contribution in [0.25, 0.3) is 0 Å². The summed E-state index contributed by atoms with van der Waals surface area (Å²) in [5.74, 6) is -0.335. The largest absolute Gasteiger partial charge is 0.468 e. The molecule has 0 spiro atoms. The van der Waals surface area contributed by atoms with Gasteiger partial charge in [-0.2, -0.15) is 0 Å². The molecule has 1 saturated carbocycles. The molecule has 1 aromatic heterocycles. The van der Waals surface area contributed by atoms with E-state index in [4.69, 9.17) is 4.74 Å². The summed E-state index contributed by atoms with van der Waals surface area (Å²) in [6.45, 7) is 0. The average Bonchev–Trinajstić information content (AvgIpc) is 2.49. The SMILES string of the molecule is COC(=O)C1(C(=O)Nc2ccc(Br)cn2)CCCCC1. The number of halogens is 1. The highest BCUT2D eigenvalue weighted by molar-refractivity contribution is 9.10. The molecule has 0 aliphatic heterocycles. The number of hydrogen-bond acceptors (Lipinski definition) is 4. The first-order valence-corrected chi connectivity index (χ1v) is 7.39. The van der Waals surface area contributed by atoms with Crippen LogP contribution in [0.2, 0.25) is 0 Å². The number of aromatic nitrogens is 1. The molecule has 1 aliphatic carbocycles. The molecule has 1 N–H and O–H groups in total. The van der Waals surface area contributed by atoms with E-state index in [1.54, 1.807) is 18.3 Å². The van der Waals surface area contributed by atoms with E-state index in [0.29, 0.717) is 18.7 Å². The lowest BCUT2D eigenvalue weighted by Gasteiger charge is -2.32. The van der Waals surface area contributed by atoms with Crippen LogP contribution in [0, 0.1) is 5.41 Å². The number of methoxy groups -OCH3 is 1. The lowest BCUT2D eigenvalue weighted by atomic mass is 9.73. The molecule has 0 bridgehead atoms. The first-order valence-electron chi connectivity index (χ1n) is 6.60. The predicted molar refractivity (Wildman–Crippen MR) is 78.1 cm³/mol. The zero-order chi connectivity index (χ0) is 14.6. The Kier molecular flexibility index (Phi) is 4.75. The minimum absolute atomic E-state index is 0.320. The highest BCUT2D eigenvalue weighted by Crippen LogP contribution is 2.38. The molecule has 1 fully saturated rings. The van der Waals surface area contributed by atoms with E-state index in [0.717, 1.165) is 23.7 Å². The molecular weight excluding hydrogens is 324 g/mol. The minimum atomic E-state index is -1.07. The molecule has 2 rings (SSSR count). The Hall–Kier alpha value is -1.43. The van der Waals surface area contributed by atoms with Gasteiger partial charge in [0.1, 0.15) is 11.2 Å². The summed E-state index contributed by atoms with van der Waals surface area (Å²) in [6, 6.07) is 3.48. The van der Waals surface area contributed by atoms with Gasteiger partial charge < -0.3 is 10.1 Å². The minimum Gasteiger partial charge on any atom is -0.468 e. The van der Waals surface area contributed by atoms with E-state index >= 15 is 0 Å². The van der Waals surface area contributed by atoms with E-state index in [-0.39, 0.29) is 5.91 Å². The second kappa shape index (κ2) is 6.35. The Labute approximate surface area is 126 Å². The van der Waals surface area contributed by atoms with Gasteiger partial charge in [0.2, 0.25) is 5.91 Å². The van der Waals surface area contributed by atoms with E-state index in [1.165, 1.54) is 7.11 Å². The third-order valence-electron chi connectivity index (χ3n) is 3.69. The molecule has 0 saturated heterocycles. The summed E-state index contributed by atoms with van der Waals surface area (Å²) in [6.07, 6.45) is 5.42. The molecule has 0 unspecified atom stereocenters. The number of esters is 1. The first kappa shape index (κ1) is 15.0. The number of hydrogen-bond donors (Lipinski definition) is 1. The number of nitrogens with zero attached hydrogens (tertiary/aromatic N) is 1. The Morgan fingerprint density at radius 2 is 2.00 bits per heavy atom. The number of rotatable bonds is 3. The Balaban J connectivity index is 2.18.